The fraction of sp³-hybridized carbons (Fsp3) is 0.182. The minimum Gasteiger partial charge on any atom is -0.504 e. The molecule has 0 bridgehead atoms. The summed E-state index contributed by atoms with van der Waals surface area (Å²) in [6.07, 6.45) is 1.62. The number of nitrogens with zero attached hydrogens (tertiary/aromatic N) is 2. The second-order valence-corrected chi connectivity index (χ2v) is 3.66. The standard InChI is InChI=1S/C11H11ClN2O/c1-2-14-7-10(15)11(13-14)8-3-5-9(12)6-4-8/h3-7,15H,2H2,1H3. The maximum Gasteiger partial charge on any atom is 0.161 e. The molecule has 0 unspecified atom stereocenters. The van der Waals surface area contributed by atoms with Crippen LogP contribution in [0.3, 0.4) is 0 Å². The first-order valence-corrected chi connectivity index (χ1v) is 5.11. The van der Waals surface area contributed by atoms with Gasteiger partial charge < -0.3 is 5.11 Å². The monoisotopic (exact) mass is 222 g/mol. The lowest BCUT2D eigenvalue weighted by atomic mass is 10.1. The van der Waals surface area contributed by atoms with Crippen LogP contribution in [0.2, 0.25) is 5.02 Å². The average Bonchev–Trinajstić information content (AvgIpc) is 2.61. The van der Waals surface area contributed by atoms with Gasteiger partial charge in [0.15, 0.2) is 5.75 Å². The third-order valence-corrected chi connectivity index (χ3v) is 2.44. The van der Waals surface area contributed by atoms with Crippen LogP contribution in [0.1, 0.15) is 6.92 Å². The van der Waals surface area contributed by atoms with Crippen LogP contribution >= 0.6 is 11.6 Å². The van der Waals surface area contributed by atoms with Crippen molar-refractivity contribution in [1.29, 1.82) is 0 Å². The minimum absolute atomic E-state index is 0.194. The molecule has 2 aromatic rings. The Morgan fingerprint density at radius 2 is 2.00 bits per heavy atom. The summed E-state index contributed by atoms with van der Waals surface area (Å²) in [5.41, 5.74) is 1.46. The lowest BCUT2D eigenvalue weighted by Gasteiger charge is -1.97. The molecule has 0 saturated carbocycles. The van der Waals surface area contributed by atoms with Gasteiger partial charge in [0.25, 0.3) is 0 Å². The Morgan fingerprint density at radius 3 is 2.53 bits per heavy atom. The van der Waals surface area contributed by atoms with Gasteiger partial charge in [-0.25, -0.2) is 0 Å². The fourth-order valence-corrected chi connectivity index (χ4v) is 1.51. The van der Waals surface area contributed by atoms with E-state index in [-0.39, 0.29) is 5.75 Å². The number of rotatable bonds is 2. The van der Waals surface area contributed by atoms with Gasteiger partial charge in [-0.3, -0.25) is 4.68 Å². The van der Waals surface area contributed by atoms with E-state index in [0.717, 1.165) is 12.1 Å². The quantitative estimate of drug-likeness (QED) is 0.849. The Kier molecular flexibility index (Phi) is 2.64. The zero-order valence-corrected chi connectivity index (χ0v) is 9.07. The van der Waals surface area contributed by atoms with Crippen molar-refractivity contribution in [3.05, 3.63) is 35.5 Å². The number of aryl methyl sites for hydroxylation is 1. The van der Waals surface area contributed by atoms with E-state index in [1.165, 1.54) is 0 Å². The largest absolute Gasteiger partial charge is 0.504 e. The Labute approximate surface area is 92.9 Å². The molecule has 78 valence electrons. The summed E-state index contributed by atoms with van der Waals surface area (Å²) < 4.78 is 1.69. The SMILES string of the molecule is CCn1cc(O)c(-c2ccc(Cl)cc2)n1. The summed E-state index contributed by atoms with van der Waals surface area (Å²) in [6, 6.07) is 7.23. The van der Waals surface area contributed by atoms with Gasteiger partial charge in [0.1, 0.15) is 5.69 Å². The summed E-state index contributed by atoms with van der Waals surface area (Å²) in [4.78, 5) is 0. The van der Waals surface area contributed by atoms with Crippen LogP contribution < -0.4 is 0 Å². The summed E-state index contributed by atoms with van der Waals surface area (Å²) in [5.74, 6) is 0.194. The zero-order chi connectivity index (χ0) is 10.8. The predicted molar refractivity (Wildman–Crippen MR) is 60.0 cm³/mol. The van der Waals surface area contributed by atoms with Crippen molar-refractivity contribution in [3.8, 4) is 17.0 Å². The summed E-state index contributed by atoms with van der Waals surface area (Å²) in [7, 11) is 0. The molecule has 2 rings (SSSR count). The highest BCUT2D eigenvalue weighted by Gasteiger charge is 2.08. The van der Waals surface area contributed by atoms with Crippen LogP contribution in [0.4, 0.5) is 0 Å². The number of aromatic nitrogens is 2. The Morgan fingerprint density at radius 1 is 1.33 bits per heavy atom. The molecule has 1 aromatic heterocycles. The van der Waals surface area contributed by atoms with Crippen LogP contribution in [-0.2, 0) is 6.54 Å². The normalized spacial score (nSPS) is 10.5. The van der Waals surface area contributed by atoms with Gasteiger partial charge in [0, 0.05) is 17.1 Å². The van der Waals surface area contributed by atoms with Crippen molar-refractivity contribution in [1.82, 2.24) is 9.78 Å². The highest BCUT2D eigenvalue weighted by atomic mass is 35.5. The second kappa shape index (κ2) is 3.95. The van der Waals surface area contributed by atoms with Crippen LogP contribution in [-0.4, -0.2) is 14.9 Å². The van der Waals surface area contributed by atoms with Gasteiger partial charge in [-0.15, -0.1) is 0 Å². The maximum atomic E-state index is 9.67. The van der Waals surface area contributed by atoms with E-state index in [9.17, 15) is 5.11 Å². The number of hydrogen-bond acceptors (Lipinski definition) is 2. The molecule has 0 saturated heterocycles. The number of benzene rings is 1. The van der Waals surface area contributed by atoms with Crippen molar-refractivity contribution < 1.29 is 5.11 Å². The molecule has 0 aliphatic rings. The van der Waals surface area contributed by atoms with Crippen molar-refractivity contribution in [2.45, 2.75) is 13.5 Å². The molecule has 0 radical (unpaired) electrons. The van der Waals surface area contributed by atoms with Gasteiger partial charge in [-0.2, -0.15) is 5.10 Å². The first-order valence-electron chi connectivity index (χ1n) is 4.73. The summed E-state index contributed by atoms with van der Waals surface area (Å²) >= 11 is 5.78. The summed E-state index contributed by atoms with van der Waals surface area (Å²) in [5, 5.41) is 14.6. The van der Waals surface area contributed by atoms with Crippen molar-refractivity contribution in [3.63, 3.8) is 0 Å². The number of halogens is 1. The Balaban J connectivity index is 2.44. The van der Waals surface area contributed by atoms with Crippen molar-refractivity contribution in [2.24, 2.45) is 0 Å². The molecule has 1 aromatic carbocycles. The lowest BCUT2D eigenvalue weighted by Crippen LogP contribution is -1.93. The van der Waals surface area contributed by atoms with E-state index in [4.69, 9.17) is 11.6 Å². The van der Waals surface area contributed by atoms with Crippen molar-refractivity contribution >= 4 is 11.6 Å². The smallest absolute Gasteiger partial charge is 0.161 e. The van der Waals surface area contributed by atoms with Crippen LogP contribution in [0, 0.1) is 0 Å². The Bertz CT molecular complexity index is 462. The molecular formula is C11H11ClN2O. The predicted octanol–water partition coefficient (Wildman–Crippen LogP) is 2.93. The van der Waals surface area contributed by atoms with Gasteiger partial charge in [-0.1, -0.05) is 23.7 Å². The topological polar surface area (TPSA) is 38.0 Å². The molecule has 15 heavy (non-hydrogen) atoms. The van der Waals surface area contributed by atoms with Gasteiger partial charge >= 0.3 is 0 Å². The minimum atomic E-state index is 0.194. The van der Waals surface area contributed by atoms with E-state index in [1.54, 1.807) is 23.0 Å². The Hall–Kier alpha value is -1.48. The molecule has 4 heteroatoms. The molecule has 1 heterocycles. The molecular weight excluding hydrogens is 212 g/mol. The van der Waals surface area contributed by atoms with E-state index in [2.05, 4.69) is 5.10 Å². The highest BCUT2D eigenvalue weighted by molar-refractivity contribution is 6.30. The molecule has 0 aliphatic heterocycles. The number of hydrogen-bond donors (Lipinski definition) is 1. The fourth-order valence-electron chi connectivity index (χ4n) is 1.39. The van der Waals surface area contributed by atoms with Crippen LogP contribution in [0.15, 0.2) is 30.5 Å². The van der Waals surface area contributed by atoms with E-state index in [0.29, 0.717) is 10.7 Å². The molecule has 0 fully saturated rings. The average molecular weight is 223 g/mol. The molecule has 0 amide bonds. The zero-order valence-electron chi connectivity index (χ0n) is 8.31. The number of aromatic hydroxyl groups is 1. The van der Waals surface area contributed by atoms with Gasteiger partial charge in [0.2, 0.25) is 0 Å². The van der Waals surface area contributed by atoms with E-state index in [1.807, 2.05) is 19.1 Å². The lowest BCUT2D eigenvalue weighted by molar-refractivity contribution is 0.475. The first-order chi connectivity index (χ1) is 7.20. The van der Waals surface area contributed by atoms with E-state index >= 15 is 0 Å². The maximum absolute atomic E-state index is 9.67. The molecule has 0 spiro atoms. The molecule has 3 nitrogen and oxygen atoms in total. The molecule has 0 atom stereocenters. The molecule has 0 aliphatic carbocycles. The molecule has 1 N–H and O–H groups in total. The van der Waals surface area contributed by atoms with Gasteiger partial charge in [0.05, 0.1) is 6.20 Å². The van der Waals surface area contributed by atoms with Crippen LogP contribution in [0.25, 0.3) is 11.3 Å². The third-order valence-electron chi connectivity index (χ3n) is 2.18. The summed E-state index contributed by atoms with van der Waals surface area (Å²) in [6.45, 7) is 2.71. The van der Waals surface area contributed by atoms with Crippen LogP contribution in [0.5, 0.6) is 5.75 Å². The van der Waals surface area contributed by atoms with E-state index < -0.39 is 0 Å². The first kappa shape index (κ1) is 10.1. The third kappa shape index (κ3) is 1.97. The second-order valence-electron chi connectivity index (χ2n) is 3.23. The highest BCUT2D eigenvalue weighted by Crippen LogP contribution is 2.27. The van der Waals surface area contributed by atoms with Gasteiger partial charge in [-0.05, 0) is 19.1 Å². The van der Waals surface area contributed by atoms with Crippen molar-refractivity contribution in [2.75, 3.05) is 0 Å².